The number of nitrogens with one attached hydrogen (secondary N) is 1. The molecule has 5 heteroatoms. The van der Waals surface area contributed by atoms with Crippen LogP contribution in [-0.4, -0.2) is 4.98 Å². The first-order chi connectivity index (χ1) is 15.3. The van der Waals surface area contributed by atoms with E-state index in [9.17, 15) is 0 Å². The maximum absolute atomic E-state index is 6.08. The van der Waals surface area contributed by atoms with Crippen LogP contribution in [0.5, 0.6) is 0 Å². The van der Waals surface area contributed by atoms with E-state index in [1.807, 2.05) is 36.4 Å². The Morgan fingerprint density at radius 3 is 1.91 bits per heavy atom. The molecule has 0 unspecified atom stereocenters. The summed E-state index contributed by atoms with van der Waals surface area (Å²) in [5, 5.41) is 5.90. The lowest BCUT2D eigenvalue weighted by Crippen LogP contribution is -2.10. The highest BCUT2D eigenvalue weighted by atomic mass is 35.5. The van der Waals surface area contributed by atoms with Gasteiger partial charge in [-0.05, 0) is 46.4 Å². The Kier molecular flexibility index (Phi) is 6.90. The van der Waals surface area contributed by atoms with Gasteiger partial charge in [0.25, 0.3) is 0 Å². The lowest BCUT2D eigenvalue weighted by Gasteiger charge is -2.19. The standard InChI is InChI=1S/C27H26Cl2N2S/c1-27(2,3)21-10-8-20(9-11-21)25-24(16-18-4-12-22(28)13-5-18)32-26(31-25)30-17-19-6-14-23(29)15-7-19/h4-15H,16-17H2,1-3H3,(H,30,31). The highest BCUT2D eigenvalue weighted by molar-refractivity contribution is 7.16. The third kappa shape index (κ3) is 5.72. The first-order valence-corrected chi connectivity index (χ1v) is 12.2. The molecular weight excluding hydrogens is 455 g/mol. The summed E-state index contributed by atoms with van der Waals surface area (Å²) < 4.78 is 0. The quantitative estimate of drug-likeness (QED) is 0.298. The molecule has 1 heterocycles. The third-order valence-electron chi connectivity index (χ3n) is 5.36. The molecule has 0 atom stereocenters. The van der Waals surface area contributed by atoms with Crippen molar-refractivity contribution in [1.82, 2.24) is 4.98 Å². The molecule has 0 radical (unpaired) electrons. The number of thiazole rings is 1. The van der Waals surface area contributed by atoms with Crippen LogP contribution in [0.1, 0.15) is 42.3 Å². The lowest BCUT2D eigenvalue weighted by atomic mass is 9.86. The Hall–Kier alpha value is -2.33. The number of anilines is 1. The van der Waals surface area contributed by atoms with Crippen molar-refractivity contribution in [2.75, 3.05) is 5.32 Å². The Labute approximate surface area is 204 Å². The van der Waals surface area contributed by atoms with E-state index in [4.69, 9.17) is 28.2 Å². The molecule has 0 saturated carbocycles. The first kappa shape index (κ1) is 22.8. The van der Waals surface area contributed by atoms with Crippen LogP contribution in [0, 0.1) is 0 Å². The molecule has 0 fully saturated rings. The molecule has 2 nitrogen and oxygen atoms in total. The summed E-state index contributed by atoms with van der Waals surface area (Å²) in [6.45, 7) is 7.40. The summed E-state index contributed by atoms with van der Waals surface area (Å²) in [5.74, 6) is 0. The Balaban J connectivity index is 1.63. The molecule has 0 amide bonds. The second-order valence-corrected chi connectivity index (χ2v) is 10.9. The SMILES string of the molecule is CC(C)(C)c1ccc(-c2nc(NCc3ccc(Cl)cc3)sc2Cc2ccc(Cl)cc2)cc1. The Morgan fingerprint density at radius 2 is 1.34 bits per heavy atom. The van der Waals surface area contributed by atoms with Gasteiger partial charge in [-0.1, -0.05) is 92.5 Å². The molecule has 1 aromatic heterocycles. The minimum absolute atomic E-state index is 0.123. The average molecular weight is 481 g/mol. The van der Waals surface area contributed by atoms with Crippen LogP contribution in [-0.2, 0) is 18.4 Å². The number of nitrogens with zero attached hydrogens (tertiary/aromatic N) is 1. The highest BCUT2D eigenvalue weighted by Crippen LogP contribution is 2.34. The van der Waals surface area contributed by atoms with Crippen LogP contribution in [0.2, 0.25) is 10.0 Å². The van der Waals surface area contributed by atoms with Crippen molar-refractivity contribution >= 4 is 39.7 Å². The number of rotatable bonds is 6. The van der Waals surface area contributed by atoms with Gasteiger partial charge < -0.3 is 5.32 Å². The fourth-order valence-corrected chi connectivity index (χ4v) is 4.73. The molecule has 3 aromatic carbocycles. The molecule has 0 aliphatic rings. The molecule has 1 N–H and O–H groups in total. The fraction of sp³-hybridized carbons (Fsp3) is 0.222. The van der Waals surface area contributed by atoms with Crippen molar-refractivity contribution in [3.05, 3.63) is 104 Å². The summed E-state index contributed by atoms with van der Waals surface area (Å²) in [5.41, 5.74) is 5.99. The van der Waals surface area contributed by atoms with Crippen molar-refractivity contribution < 1.29 is 0 Å². The molecule has 4 rings (SSSR count). The van der Waals surface area contributed by atoms with Crippen LogP contribution >= 0.6 is 34.5 Å². The van der Waals surface area contributed by atoms with Gasteiger partial charge in [0.15, 0.2) is 5.13 Å². The van der Waals surface area contributed by atoms with Crippen molar-refractivity contribution in [3.63, 3.8) is 0 Å². The zero-order valence-electron chi connectivity index (χ0n) is 18.5. The van der Waals surface area contributed by atoms with Gasteiger partial charge in [0.1, 0.15) is 0 Å². The van der Waals surface area contributed by atoms with E-state index in [0.29, 0.717) is 6.54 Å². The van der Waals surface area contributed by atoms with E-state index in [-0.39, 0.29) is 5.41 Å². The smallest absolute Gasteiger partial charge is 0.183 e. The van der Waals surface area contributed by atoms with Gasteiger partial charge in [0, 0.05) is 33.5 Å². The fourth-order valence-electron chi connectivity index (χ4n) is 3.47. The topological polar surface area (TPSA) is 24.9 Å². The maximum atomic E-state index is 6.08. The number of hydrogen-bond acceptors (Lipinski definition) is 3. The van der Waals surface area contributed by atoms with Gasteiger partial charge >= 0.3 is 0 Å². The third-order valence-corrected chi connectivity index (χ3v) is 6.87. The van der Waals surface area contributed by atoms with Gasteiger partial charge in [-0.3, -0.25) is 0 Å². The minimum atomic E-state index is 0.123. The number of benzene rings is 3. The zero-order chi connectivity index (χ0) is 22.7. The molecule has 4 aromatic rings. The predicted octanol–water partition coefficient (Wildman–Crippen LogP) is 8.62. The molecule has 32 heavy (non-hydrogen) atoms. The van der Waals surface area contributed by atoms with Crippen LogP contribution in [0.15, 0.2) is 72.8 Å². The van der Waals surface area contributed by atoms with Crippen LogP contribution in [0.4, 0.5) is 5.13 Å². The summed E-state index contributed by atoms with van der Waals surface area (Å²) in [7, 11) is 0. The lowest BCUT2D eigenvalue weighted by molar-refractivity contribution is 0.590. The van der Waals surface area contributed by atoms with Crippen molar-refractivity contribution in [2.45, 2.75) is 39.2 Å². The van der Waals surface area contributed by atoms with E-state index in [1.165, 1.54) is 21.6 Å². The van der Waals surface area contributed by atoms with Crippen LogP contribution < -0.4 is 5.32 Å². The molecule has 0 saturated heterocycles. The number of halogens is 2. The maximum Gasteiger partial charge on any atom is 0.183 e. The van der Waals surface area contributed by atoms with Gasteiger partial charge in [-0.25, -0.2) is 4.98 Å². The molecule has 0 aliphatic carbocycles. The van der Waals surface area contributed by atoms with E-state index in [1.54, 1.807) is 11.3 Å². The second kappa shape index (κ2) is 9.66. The summed E-state index contributed by atoms with van der Waals surface area (Å²) in [6.07, 6.45) is 0.813. The highest BCUT2D eigenvalue weighted by Gasteiger charge is 2.17. The second-order valence-electron chi connectivity index (χ2n) is 8.90. The molecule has 0 spiro atoms. The average Bonchev–Trinajstić information content (AvgIpc) is 3.17. The molecule has 0 bridgehead atoms. The van der Waals surface area contributed by atoms with Gasteiger partial charge in [0.05, 0.1) is 5.69 Å². The van der Waals surface area contributed by atoms with Crippen LogP contribution in [0.3, 0.4) is 0 Å². The van der Waals surface area contributed by atoms with Crippen LogP contribution in [0.25, 0.3) is 11.3 Å². The Bertz CT molecular complexity index is 1170. The monoisotopic (exact) mass is 480 g/mol. The Morgan fingerprint density at radius 1 is 0.781 bits per heavy atom. The van der Waals surface area contributed by atoms with E-state index >= 15 is 0 Å². The number of hydrogen-bond donors (Lipinski definition) is 1. The normalized spacial score (nSPS) is 11.5. The molecule has 164 valence electrons. The van der Waals surface area contributed by atoms with Gasteiger partial charge in [0.2, 0.25) is 0 Å². The summed E-state index contributed by atoms with van der Waals surface area (Å²) in [6, 6.07) is 24.7. The predicted molar refractivity (Wildman–Crippen MR) is 139 cm³/mol. The molecular formula is C27H26Cl2N2S. The molecule has 0 aliphatic heterocycles. The summed E-state index contributed by atoms with van der Waals surface area (Å²) >= 11 is 13.8. The van der Waals surface area contributed by atoms with E-state index < -0.39 is 0 Å². The first-order valence-electron chi connectivity index (χ1n) is 10.6. The van der Waals surface area contributed by atoms with Gasteiger partial charge in [-0.15, -0.1) is 11.3 Å². The van der Waals surface area contributed by atoms with Gasteiger partial charge in [-0.2, -0.15) is 0 Å². The zero-order valence-corrected chi connectivity index (χ0v) is 20.8. The van der Waals surface area contributed by atoms with E-state index in [2.05, 4.69) is 62.5 Å². The number of aromatic nitrogens is 1. The minimum Gasteiger partial charge on any atom is -0.357 e. The van der Waals surface area contributed by atoms with Crippen molar-refractivity contribution in [1.29, 1.82) is 0 Å². The van der Waals surface area contributed by atoms with Crippen molar-refractivity contribution in [2.24, 2.45) is 0 Å². The van der Waals surface area contributed by atoms with Crippen molar-refractivity contribution in [3.8, 4) is 11.3 Å². The largest absolute Gasteiger partial charge is 0.357 e. The van der Waals surface area contributed by atoms with E-state index in [0.717, 1.165) is 32.9 Å². The summed E-state index contributed by atoms with van der Waals surface area (Å²) in [4.78, 5) is 6.20.